The largest absolute Gasteiger partial charge is 0.330 e. The monoisotopic (exact) mass is 195 g/mol. The molecule has 0 amide bonds. The maximum atomic E-state index is 5.73. The molecule has 0 saturated heterocycles. The van der Waals surface area contributed by atoms with Gasteiger partial charge in [-0.2, -0.15) is 0 Å². The van der Waals surface area contributed by atoms with E-state index < -0.39 is 0 Å². The van der Waals surface area contributed by atoms with Crippen LogP contribution in [0.25, 0.3) is 0 Å². The molecule has 0 aromatic rings. The Bertz CT molecular complexity index is 178. The van der Waals surface area contributed by atoms with Crippen molar-refractivity contribution in [2.45, 2.75) is 51.9 Å². The lowest BCUT2D eigenvalue weighted by Gasteiger charge is -2.15. The van der Waals surface area contributed by atoms with Crippen molar-refractivity contribution in [3.63, 3.8) is 0 Å². The molecule has 0 aliphatic heterocycles. The van der Waals surface area contributed by atoms with Crippen LogP contribution < -0.4 is 5.73 Å². The van der Waals surface area contributed by atoms with Crippen molar-refractivity contribution in [1.29, 1.82) is 0 Å². The quantitative estimate of drug-likeness (QED) is 0.735. The zero-order valence-corrected chi connectivity index (χ0v) is 9.54. The lowest BCUT2D eigenvalue weighted by Crippen LogP contribution is -2.11. The molecule has 0 radical (unpaired) electrons. The molecule has 2 aliphatic carbocycles. The highest BCUT2D eigenvalue weighted by Crippen LogP contribution is 2.40. The molecule has 1 nitrogen and oxygen atoms in total. The van der Waals surface area contributed by atoms with Crippen LogP contribution >= 0.6 is 0 Å². The average molecular weight is 195 g/mol. The van der Waals surface area contributed by atoms with Gasteiger partial charge < -0.3 is 5.73 Å². The molecule has 0 aromatic heterocycles. The molecular weight excluding hydrogens is 170 g/mol. The summed E-state index contributed by atoms with van der Waals surface area (Å²) in [5, 5.41) is 0. The van der Waals surface area contributed by atoms with Crippen molar-refractivity contribution in [1.82, 2.24) is 0 Å². The van der Waals surface area contributed by atoms with Gasteiger partial charge in [-0.05, 0) is 55.9 Å². The molecule has 0 heterocycles. The van der Waals surface area contributed by atoms with Crippen molar-refractivity contribution >= 4 is 0 Å². The molecular formula is C13H25N. The molecule has 1 heteroatoms. The van der Waals surface area contributed by atoms with Crippen LogP contribution in [0.2, 0.25) is 0 Å². The molecule has 4 atom stereocenters. The molecule has 0 bridgehead atoms. The summed E-state index contributed by atoms with van der Waals surface area (Å²) in [7, 11) is 0. The van der Waals surface area contributed by atoms with Crippen LogP contribution in [0.15, 0.2) is 0 Å². The van der Waals surface area contributed by atoms with Crippen molar-refractivity contribution < 1.29 is 0 Å². The lowest BCUT2D eigenvalue weighted by molar-refractivity contribution is 0.364. The second-order valence-electron chi connectivity index (χ2n) is 5.80. The molecule has 0 spiro atoms. The first kappa shape index (κ1) is 10.5. The Balaban J connectivity index is 1.71. The van der Waals surface area contributed by atoms with E-state index in [1.807, 2.05) is 0 Å². The third-order valence-electron chi connectivity index (χ3n) is 4.45. The molecule has 82 valence electrons. The van der Waals surface area contributed by atoms with E-state index in [1.165, 1.54) is 44.9 Å². The minimum absolute atomic E-state index is 0.860. The predicted octanol–water partition coefficient (Wildman–Crippen LogP) is 3.19. The minimum atomic E-state index is 0.860. The number of rotatable bonds is 3. The predicted molar refractivity (Wildman–Crippen MR) is 61.0 cm³/mol. The molecule has 4 unspecified atom stereocenters. The Morgan fingerprint density at radius 1 is 0.929 bits per heavy atom. The summed E-state index contributed by atoms with van der Waals surface area (Å²) in [5.41, 5.74) is 5.73. The minimum Gasteiger partial charge on any atom is -0.330 e. The van der Waals surface area contributed by atoms with Crippen molar-refractivity contribution in [2.24, 2.45) is 29.4 Å². The van der Waals surface area contributed by atoms with Crippen LogP contribution in [0.4, 0.5) is 0 Å². The van der Waals surface area contributed by atoms with E-state index in [-0.39, 0.29) is 0 Å². The highest BCUT2D eigenvalue weighted by atomic mass is 14.6. The topological polar surface area (TPSA) is 26.0 Å². The van der Waals surface area contributed by atoms with Crippen LogP contribution in [0, 0.1) is 23.7 Å². The molecule has 2 fully saturated rings. The van der Waals surface area contributed by atoms with Gasteiger partial charge in [-0.1, -0.05) is 26.2 Å². The van der Waals surface area contributed by atoms with Crippen LogP contribution in [0.3, 0.4) is 0 Å². The van der Waals surface area contributed by atoms with Gasteiger partial charge in [0.1, 0.15) is 0 Å². The summed E-state index contributed by atoms with van der Waals surface area (Å²) in [6, 6.07) is 0. The first-order chi connectivity index (χ1) is 6.78. The zero-order valence-electron chi connectivity index (χ0n) is 9.54. The molecule has 0 aromatic carbocycles. The van der Waals surface area contributed by atoms with Gasteiger partial charge in [-0.25, -0.2) is 0 Å². The van der Waals surface area contributed by atoms with E-state index >= 15 is 0 Å². The van der Waals surface area contributed by atoms with Crippen LogP contribution in [-0.2, 0) is 0 Å². The summed E-state index contributed by atoms with van der Waals surface area (Å²) < 4.78 is 0. The summed E-state index contributed by atoms with van der Waals surface area (Å²) in [6.07, 6.45) is 10.3. The van der Waals surface area contributed by atoms with Crippen LogP contribution in [0.1, 0.15) is 51.9 Å². The molecule has 2 rings (SSSR count). The van der Waals surface area contributed by atoms with Gasteiger partial charge in [0.2, 0.25) is 0 Å². The van der Waals surface area contributed by atoms with Gasteiger partial charge >= 0.3 is 0 Å². The van der Waals surface area contributed by atoms with Crippen molar-refractivity contribution in [3.8, 4) is 0 Å². The van der Waals surface area contributed by atoms with Gasteiger partial charge in [-0.3, -0.25) is 0 Å². The Morgan fingerprint density at radius 2 is 1.57 bits per heavy atom. The smallest absolute Gasteiger partial charge is 0.00488 e. The third-order valence-corrected chi connectivity index (χ3v) is 4.45. The van der Waals surface area contributed by atoms with Crippen molar-refractivity contribution in [3.05, 3.63) is 0 Å². The van der Waals surface area contributed by atoms with Gasteiger partial charge in [-0.15, -0.1) is 0 Å². The highest BCUT2D eigenvalue weighted by molar-refractivity contribution is 4.81. The van der Waals surface area contributed by atoms with Gasteiger partial charge in [0.25, 0.3) is 0 Å². The van der Waals surface area contributed by atoms with Gasteiger partial charge in [0, 0.05) is 0 Å². The van der Waals surface area contributed by atoms with Crippen LogP contribution in [0.5, 0.6) is 0 Å². The SMILES string of the molecule is CC1CCC(CC2CCC(CN)C2)C1. The standard InChI is InChI=1S/C13H25N/c1-10-2-3-11(6-10)7-12-4-5-13(8-12)9-14/h10-13H,2-9,14H2,1H3. The van der Waals surface area contributed by atoms with E-state index in [2.05, 4.69) is 6.92 Å². The fourth-order valence-corrected chi connectivity index (χ4v) is 3.62. The molecule has 2 aliphatic rings. The van der Waals surface area contributed by atoms with Gasteiger partial charge in [0.15, 0.2) is 0 Å². The molecule has 2 saturated carbocycles. The Hall–Kier alpha value is -0.0400. The lowest BCUT2D eigenvalue weighted by atomic mass is 9.91. The summed E-state index contributed by atoms with van der Waals surface area (Å²) in [6.45, 7) is 3.34. The highest BCUT2D eigenvalue weighted by Gasteiger charge is 2.28. The first-order valence-corrected chi connectivity index (χ1v) is 6.48. The van der Waals surface area contributed by atoms with E-state index in [4.69, 9.17) is 5.73 Å². The maximum Gasteiger partial charge on any atom is -0.00488 e. The molecule has 14 heavy (non-hydrogen) atoms. The summed E-state index contributed by atoms with van der Waals surface area (Å²) in [5.74, 6) is 3.95. The first-order valence-electron chi connectivity index (χ1n) is 6.48. The summed E-state index contributed by atoms with van der Waals surface area (Å²) in [4.78, 5) is 0. The number of hydrogen-bond donors (Lipinski definition) is 1. The van der Waals surface area contributed by atoms with E-state index in [9.17, 15) is 0 Å². The maximum absolute atomic E-state index is 5.73. The Kier molecular flexibility index (Phi) is 3.48. The zero-order chi connectivity index (χ0) is 9.97. The Labute approximate surface area is 88.4 Å². The van der Waals surface area contributed by atoms with E-state index in [0.717, 1.165) is 30.2 Å². The number of nitrogens with two attached hydrogens (primary N) is 1. The fourth-order valence-electron chi connectivity index (χ4n) is 3.62. The van der Waals surface area contributed by atoms with Crippen LogP contribution in [-0.4, -0.2) is 6.54 Å². The van der Waals surface area contributed by atoms with Crippen molar-refractivity contribution in [2.75, 3.05) is 6.54 Å². The van der Waals surface area contributed by atoms with E-state index in [1.54, 1.807) is 0 Å². The Morgan fingerprint density at radius 3 is 2.14 bits per heavy atom. The third kappa shape index (κ3) is 2.50. The average Bonchev–Trinajstić information content (AvgIpc) is 2.76. The van der Waals surface area contributed by atoms with E-state index in [0.29, 0.717) is 0 Å². The summed E-state index contributed by atoms with van der Waals surface area (Å²) >= 11 is 0. The second-order valence-corrected chi connectivity index (χ2v) is 5.80. The number of hydrogen-bond acceptors (Lipinski definition) is 1. The normalized spacial score (nSPS) is 43.3. The molecule has 2 N–H and O–H groups in total. The second kappa shape index (κ2) is 4.65. The fraction of sp³-hybridized carbons (Fsp3) is 1.00. The van der Waals surface area contributed by atoms with Gasteiger partial charge in [0.05, 0.1) is 0 Å².